The summed E-state index contributed by atoms with van der Waals surface area (Å²) < 4.78 is 1.00. The number of anilines is 1. The number of hydrogen-bond donors (Lipinski definition) is 1. The van der Waals surface area contributed by atoms with Crippen LogP contribution in [0.2, 0.25) is 10.0 Å². The zero-order valence-corrected chi connectivity index (χ0v) is 21.1. The van der Waals surface area contributed by atoms with E-state index < -0.39 is 0 Å². The molecule has 0 aliphatic carbocycles. The fourth-order valence-corrected chi connectivity index (χ4v) is 5.25. The second-order valence-electron chi connectivity index (χ2n) is 8.28. The SMILES string of the molecule is CCC1C(C(=O)NN2CCCCCC2)=NN(c2ccc(Cl)cc2Cl)C1c1ccc(Br)cc1. The fraction of sp³-hybridized carbons (Fsp3) is 0.417. The Labute approximate surface area is 207 Å². The molecule has 2 aromatic rings. The molecule has 0 bridgehead atoms. The highest BCUT2D eigenvalue weighted by molar-refractivity contribution is 9.10. The summed E-state index contributed by atoms with van der Waals surface area (Å²) in [6.07, 6.45) is 5.38. The van der Waals surface area contributed by atoms with Gasteiger partial charge in [-0.2, -0.15) is 5.10 Å². The Morgan fingerprint density at radius 3 is 2.41 bits per heavy atom. The maximum absolute atomic E-state index is 13.4. The minimum Gasteiger partial charge on any atom is -0.284 e. The summed E-state index contributed by atoms with van der Waals surface area (Å²) in [6.45, 7) is 3.84. The van der Waals surface area contributed by atoms with Gasteiger partial charge in [0.1, 0.15) is 5.71 Å². The van der Waals surface area contributed by atoms with Crippen molar-refractivity contribution in [2.45, 2.75) is 45.1 Å². The van der Waals surface area contributed by atoms with Crippen molar-refractivity contribution in [3.05, 3.63) is 62.5 Å². The minimum atomic E-state index is -0.142. The van der Waals surface area contributed by atoms with Crippen LogP contribution in [0.4, 0.5) is 5.69 Å². The first-order valence-corrected chi connectivity index (χ1v) is 12.7. The third kappa shape index (κ3) is 5.14. The highest BCUT2D eigenvalue weighted by Crippen LogP contribution is 2.43. The number of benzene rings is 2. The van der Waals surface area contributed by atoms with Gasteiger partial charge in [0, 0.05) is 28.5 Å². The molecule has 32 heavy (non-hydrogen) atoms. The highest BCUT2D eigenvalue weighted by atomic mass is 79.9. The van der Waals surface area contributed by atoms with Crippen molar-refractivity contribution in [1.29, 1.82) is 0 Å². The molecule has 1 saturated heterocycles. The normalized spacial score (nSPS) is 21.9. The lowest BCUT2D eigenvalue weighted by molar-refractivity contribution is -0.119. The summed E-state index contributed by atoms with van der Waals surface area (Å²) in [4.78, 5) is 13.4. The van der Waals surface area contributed by atoms with Gasteiger partial charge in [-0.3, -0.25) is 15.2 Å². The van der Waals surface area contributed by atoms with Crippen molar-refractivity contribution in [1.82, 2.24) is 10.4 Å². The second-order valence-corrected chi connectivity index (χ2v) is 10.0. The van der Waals surface area contributed by atoms with Crippen LogP contribution in [0.15, 0.2) is 52.0 Å². The second kappa shape index (κ2) is 10.6. The van der Waals surface area contributed by atoms with Gasteiger partial charge in [0.25, 0.3) is 5.91 Å². The maximum atomic E-state index is 13.4. The number of halogens is 3. The Bertz CT molecular complexity index is 990. The average molecular weight is 538 g/mol. The van der Waals surface area contributed by atoms with Crippen LogP contribution in [-0.2, 0) is 4.79 Å². The van der Waals surface area contributed by atoms with Crippen LogP contribution in [0, 0.1) is 5.92 Å². The quantitative estimate of drug-likeness (QED) is 0.467. The molecular formula is C24H27BrCl2N4O. The van der Waals surface area contributed by atoms with Crippen LogP contribution in [0.1, 0.15) is 50.6 Å². The van der Waals surface area contributed by atoms with Gasteiger partial charge in [0.2, 0.25) is 0 Å². The molecule has 0 radical (unpaired) electrons. The zero-order valence-electron chi connectivity index (χ0n) is 18.0. The lowest BCUT2D eigenvalue weighted by Crippen LogP contribution is -2.47. The molecule has 8 heteroatoms. The topological polar surface area (TPSA) is 47.9 Å². The van der Waals surface area contributed by atoms with Crippen LogP contribution >= 0.6 is 39.1 Å². The molecule has 5 nitrogen and oxygen atoms in total. The first-order chi connectivity index (χ1) is 15.5. The minimum absolute atomic E-state index is 0.0742. The molecule has 2 aliphatic rings. The van der Waals surface area contributed by atoms with E-state index in [1.54, 1.807) is 12.1 Å². The summed E-state index contributed by atoms with van der Waals surface area (Å²) >= 11 is 16.2. The van der Waals surface area contributed by atoms with E-state index in [0.29, 0.717) is 15.8 Å². The third-order valence-corrected chi connectivity index (χ3v) is 7.18. The van der Waals surface area contributed by atoms with E-state index in [9.17, 15) is 4.79 Å². The largest absolute Gasteiger partial charge is 0.284 e. The number of nitrogens with one attached hydrogen (secondary N) is 1. The van der Waals surface area contributed by atoms with Crippen molar-refractivity contribution in [2.24, 2.45) is 11.0 Å². The summed E-state index contributed by atoms with van der Waals surface area (Å²) in [5, 5.41) is 9.83. The van der Waals surface area contributed by atoms with Gasteiger partial charge < -0.3 is 0 Å². The lowest BCUT2D eigenvalue weighted by Gasteiger charge is -2.29. The van der Waals surface area contributed by atoms with Crippen LogP contribution < -0.4 is 10.4 Å². The molecule has 2 atom stereocenters. The number of hydrogen-bond acceptors (Lipinski definition) is 4. The van der Waals surface area contributed by atoms with E-state index in [0.717, 1.165) is 48.1 Å². The lowest BCUT2D eigenvalue weighted by atomic mass is 9.87. The smallest absolute Gasteiger partial charge is 0.282 e. The number of nitrogens with zero attached hydrogens (tertiary/aromatic N) is 3. The van der Waals surface area contributed by atoms with Gasteiger partial charge in [-0.05, 0) is 55.2 Å². The zero-order chi connectivity index (χ0) is 22.7. The number of hydrazone groups is 1. The van der Waals surface area contributed by atoms with E-state index in [4.69, 9.17) is 28.3 Å². The van der Waals surface area contributed by atoms with Gasteiger partial charge in [-0.15, -0.1) is 0 Å². The summed E-state index contributed by atoms with van der Waals surface area (Å²) in [6, 6.07) is 13.4. The van der Waals surface area contributed by atoms with E-state index in [1.807, 2.05) is 28.2 Å². The molecule has 0 spiro atoms. The Hall–Kier alpha value is -1.60. The van der Waals surface area contributed by atoms with E-state index in [1.165, 1.54) is 12.8 Å². The number of amides is 1. The van der Waals surface area contributed by atoms with Gasteiger partial charge in [-0.25, -0.2) is 5.01 Å². The van der Waals surface area contributed by atoms with Crippen LogP contribution in [0.3, 0.4) is 0 Å². The summed E-state index contributed by atoms with van der Waals surface area (Å²) in [5.74, 6) is -0.205. The molecule has 1 N–H and O–H groups in total. The molecule has 2 aromatic carbocycles. The highest BCUT2D eigenvalue weighted by Gasteiger charge is 2.42. The Kier molecular flexibility index (Phi) is 7.77. The van der Waals surface area contributed by atoms with Gasteiger partial charge >= 0.3 is 0 Å². The van der Waals surface area contributed by atoms with E-state index in [-0.39, 0.29) is 17.9 Å². The standard InChI is InChI=1S/C24H27BrCl2N4O/c1-2-19-22(24(32)29-30-13-5-3-4-6-14-30)28-31(21-12-11-18(26)15-20(21)27)23(19)16-7-9-17(25)10-8-16/h7-12,15,19,23H,2-6,13-14H2,1H3,(H,29,32). The average Bonchev–Trinajstić information content (AvgIpc) is 2.96. The first-order valence-electron chi connectivity index (χ1n) is 11.1. The maximum Gasteiger partial charge on any atom is 0.282 e. The number of carbonyl (C=O) groups is 1. The fourth-order valence-electron chi connectivity index (χ4n) is 4.49. The Balaban J connectivity index is 1.70. The Morgan fingerprint density at radius 2 is 1.78 bits per heavy atom. The van der Waals surface area contributed by atoms with Crippen molar-refractivity contribution in [2.75, 3.05) is 18.1 Å². The first kappa shape index (κ1) is 23.6. The Morgan fingerprint density at radius 1 is 1.09 bits per heavy atom. The van der Waals surface area contributed by atoms with Gasteiger partial charge in [0.15, 0.2) is 0 Å². The number of rotatable bonds is 5. The summed E-state index contributed by atoms with van der Waals surface area (Å²) in [7, 11) is 0. The molecule has 1 fully saturated rings. The monoisotopic (exact) mass is 536 g/mol. The van der Waals surface area contributed by atoms with Crippen molar-refractivity contribution < 1.29 is 4.79 Å². The van der Waals surface area contributed by atoms with Crippen molar-refractivity contribution in [3.63, 3.8) is 0 Å². The number of hydrazine groups is 1. The molecule has 170 valence electrons. The molecule has 1 amide bonds. The van der Waals surface area contributed by atoms with E-state index in [2.05, 4.69) is 40.4 Å². The molecule has 2 heterocycles. The molecular weight excluding hydrogens is 511 g/mol. The van der Waals surface area contributed by atoms with Crippen molar-refractivity contribution in [3.8, 4) is 0 Å². The molecule has 2 unspecified atom stereocenters. The third-order valence-electron chi connectivity index (χ3n) is 6.12. The van der Waals surface area contributed by atoms with E-state index >= 15 is 0 Å². The summed E-state index contributed by atoms with van der Waals surface area (Å²) in [5.41, 5.74) is 5.47. The van der Waals surface area contributed by atoms with Crippen LogP contribution in [0.5, 0.6) is 0 Å². The molecule has 0 aromatic heterocycles. The van der Waals surface area contributed by atoms with Crippen LogP contribution in [-0.4, -0.2) is 29.7 Å². The number of carbonyl (C=O) groups excluding carboxylic acids is 1. The predicted octanol–water partition coefficient (Wildman–Crippen LogP) is 6.61. The van der Waals surface area contributed by atoms with Crippen LogP contribution in [0.25, 0.3) is 0 Å². The molecule has 0 saturated carbocycles. The van der Waals surface area contributed by atoms with Crippen molar-refractivity contribution >= 4 is 56.4 Å². The predicted molar refractivity (Wildman–Crippen MR) is 135 cm³/mol. The van der Waals surface area contributed by atoms with Gasteiger partial charge in [-0.1, -0.05) is 71.0 Å². The molecule has 2 aliphatic heterocycles. The van der Waals surface area contributed by atoms with Gasteiger partial charge in [0.05, 0.1) is 16.8 Å². The molecule has 4 rings (SSSR count).